The van der Waals surface area contributed by atoms with E-state index in [9.17, 15) is 4.79 Å². The second-order valence-electron chi connectivity index (χ2n) is 2.89. The van der Waals surface area contributed by atoms with Crippen LogP contribution in [0.1, 0.15) is 19.3 Å². The number of primary amides is 1. The second-order valence-corrected chi connectivity index (χ2v) is 2.89. The second kappa shape index (κ2) is 3.01. The third-order valence-electron chi connectivity index (χ3n) is 2.10. The summed E-state index contributed by atoms with van der Waals surface area (Å²) in [4.78, 5) is 12.8. The summed E-state index contributed by atoms with van der Waals surface area (Å²) in [5.74, 6) is -0.179. The molecule has 2 N–H and O–H groups in total. The average molecular weight is 143 g/mol. The molecule has 1 aliphatic heterocycles. The fourth-order valence-corrected chi connectivity index (χ4v) is 1.43. The number of nitrogens with zero attached hydrogens (tertiary/aromatic N) is 1. The van der Waals surface area contributed by atoms with Crippen molar-refractivity contribution in [2.75, 3.05) is 13.6 Å². The molecule has 1 rings (SSSR count). The van der Waals surface area contributed by atoms with Gasteiger partial charge in [0.15, 0.2) is 0 Å². The zero-order valence-electron chi connectivity index (χ0n) is 6.34. The summed E-state index contributed by atoms with van der Waals surface area (Å²) < 4.78 is 0. The van der Waals surface area contributed by atoms with Gasteiger partial charge in [0.25, 0.3) is 0 Å². The van der Waals surface area contributed by atoms with Crippen molar-refractivity contribution in [3.05, 3.63) is 0 Å². The minimum atomic E-state index is -0.179. The molecule has 1 heterocycles. The largest absolute Gasteiger partial charge is 0.368 e. The van der Waals surface area contributed by atoms with E-state index in [2.05, 4.69) is 0 Å². The Morgan fingerprint density at radius 3 is 2.70 bits per heavy atom. The summed E-state index contributed by atoms with van der Waals surface area (Å²) in [6.07, 6.45) is 3.27. The Balaban J connectivity index is 2.47. The van der Waals surface area contributed by atoms with Gasteiger partial charge < -0.3 is 5.73 Å². The van der Waals surface area contributed by atoms with Gasteiger partial charge in [-0.2, -0.15) is 0 Å². The van der Waals surface area contributed by atoms with Crippen LogP contribution in [0.5, 0.6) is 0 Å². The SMILES string of the molecule is CN1CCCC[13CH]1C(N)=O. The highest BCUT2D eigenvalue weighted by atomic mass is 16.2. The normalized spacial score (nSPS) is 28.3. The number of likely N-dealkylation sites (tertiary alicyclic amines) is 1. The number of rotatable bonds is 1. The van der Waals surface area contributed by atoms with Crippen molar-refractivity contribution in [1.29, 1.82) is 0 Å². The van der Waals surface area contributed by atoms with Crippen molar-refractivity contribution in [2.45, 2.75) is 25.3 Å². The van der Waals surface area contributed by atoms with Crippen LogP contribution in [-0.2, 0) is 4.79 Å². The number of hydrogen-bond acceptors (Lipinski definition) is 2. The van der Waals surface area contributed by atoms with Crippen LogP contribution in [0.25, 0.3) is 0 Å². The van der Waals surface area contributed by atoms with Crippen molar-refractivity contribution in [2.24, 2.45) is 5.73 Å². The predicted molar refractivity (Wildman–Crippen MR) is 39.5 cm³/mol. The quantitative estimate of drug-likeness (QED) is 0.523. The van der Waals surface area contributed by atoms with E-state index < -0.39 is 0 Å². The van der Waals surface area contributed by atoms with E-state index in [4.69, 9.17) is 5.73 Å². The highest BCUT2D eigenvalue weighted by Crippen LogP contribution is 2.13. The third kappa shape index (κ3) is 1.48. The molecule has 0 aromatic rings. The van der Waals surface area contributed by atoms with Gasteiger partial charge in [-0.15, -0.1) is 0 Å². The molecule has 1 aliphatic rings. The van der Waals surface area contributed by atoms with Gasteiger partial charge in [-0.05, 0) is 26.4 Å². The Labute approximate surface area is 61.2 Å². The van der Waals surface area contributed by atoms with Gasteiger partial charge in [-0.1, -0.05) is 6.42 Å². The average Bonchev–Trinajstić information content (AvgIpc) is 1.88. The number of carbonyl (C=O) groups excluding carboxylic acids is 1. The number of likely N-dealkylation sites (N-methyl/N-ethyl adjacent to an activating group) is 1. The summed E-state index contributed by atoms with van der Waals surface area (Å²) in [6.45, 7) is 1.01. The van der Waals surface area contributed by atoms with Crippen molar-refractivity contribution in [3.8, 4) is 0 Å². The molecule has 0 aromatic heterocycles. The van der Waals surface area contributed by atoms with Gasteiger partial charge in [-0.25, -0.2) is 0 Å². The molecule has 1 atom stereocenters. The lowest BCUT2D eigenvalue weighted by Crippen LogP contribution is -2.45. The van der Waals surface area contributed by atoms with Gasteiger partial charge in [0, 0.05) is 0 Å². The Hall–Kier alpha value is -0.570. The molecule has 3 nitrogen and oxygen atoms in total. The van der Waals surface area contributed by atoms with Crippen LogP contribution in [0.3, 0.4) is 0 Å². The van der Waals surface area contributed by atoms with Gasteiger partial charge in [0.05, 0.1) is 6.04 Å². The first kappa shape index (κ1) is 7.54. The summed E-state index contributed by atoms with van der Waals surface area (Å²) in [6, 6.07) is -0.00579. The lowest BCUT2D eigenvalue weighted by atomic mass is 10.2. The lowest BCUT2D eigenvalue weighted by molar-refractivity contribution is -0.123. The molecule has 1 unspecified atom stereocenters. The molecular formula is C7H14N2O. The van der Waals surface area contributed by atoms with Crippen LogP contribution in [0.4, 0.5) is 0 Å². The molecule has 0 saturated carbocycles. The van der Waals surface area contributed by atoms with Crippen molar-refractivity contribution in [3.63, 3.8) is 0 Å². The van der Waals surface area contributed by atoms with E-state index in [1.165, 1.54) is 6.42 Å². The summed E-state index contributed by atoms with van der Waals surface area (Å²) >= 11 is 0. The molecule has 10 heavy (non-hydrogen) atoms. The van der Waals surface area contributed by atoms with E-state index in [0.29, 0.717) is 0 Å². The predicted octanol–water partition coefficient (Wildman–Crippen LogP) is -0.0440. The summed E-state index contributed by atoms with van der Waals surface area (Å²) in [5, 5.41) is 0. The highest BCUT2D eigenvalue weighted by molar-refractivity contribution is 5.79. The number of nitrogens with two attached hydrogens (primary N) is 1. The molecule has 0 radical (unpaired) electrons. The number of amides is 1. The molecule has 0 bridgehead atoms. The zero-order chi connectivity index (χ0) is 7.56. The molecule has 1 fully saturated rings. The van der Waals surface area contributed by atoms with Crippen LogP contribution in [0.2, 0.25) is 0 Å². The van der Waals surface area contributed by atoms with Crippen LogP contribution < -0.4 is 5.73 Å². The Bertz CT molecular complexity index is 136. The van der Waals surface area contributed by atoms with Crippen LogP contribution in [0.15, 0.2) is 0 Å². The van der Waals surface area contributed by atoms with Gasteiger partial charge in [0.2, 0.25) is 5.91 Å². The fourth-order valence-electron chi connectivity index (χ4n) is 1.43. The molecule has 3 heteroatoms. The van der Waals surface area contributed by atoms with Crippen molar-refractivity contribution in [1.82, 2.24) is 4.90 Å². The maximum Gasteiger partial charge on any atom is 0.234 e. The van der Waals surface area contributed by atoms with Gasteiger partial charge >= 0.3 is 0 Å². The van der Waals surface area contributed by atoms with E-state index in [1.54, 1.807) is 0 Å². The zero-order valence-corrected chi connectivity index (χ0v) is 6.34. The van der Waals surface area contributed by atoms with Gasteiger partial charge in [-0.3, -0.25) is 9.69 Å². The van der Waals surface area contributed by atoms with Crippen LogP contribution in [-0.4, -0.2) is 30.4 Å². The maximum atomic E-state index is 10.7. The van der Waals surface area contributed by atoms with E-state index in [0.717, 1.165) is 19.4 Å². The summed E-state index contributed by atoms with van der Waals surface area (Å²) in [7, 11) is 1.95. The minimum Gasteiger partial charge on any atom is -0.368 e. The summed E-state index contributed by atoms with van der Waals surface area (Å²) in [5.41, 5.74) is 5.18. The van der Waals surface area contributed by atoms with E-state index in [1.807, 2.05) is 11.9 Å². The number of hydrogen-bond donors (Lipinski definition) is 1. The molecular weight excluding hydrogens is 129 g/mol. The Kier molecular flexibility index (Phi) is 2.27. The molecule has 0 aliphatic carbocycles. The maximum absolute atomic E-state index is 10.7. The minimum absolute atomic E-state index is 0.00579. The van der Waals surface area contributed by atoms with Crippen molar-refractivity contribution < 1.29 is 4.79 Å². The molecule has 0 spiro atoms. The van der Waals surface area contributed by atoms with E-state index in [-0.39, 0.29) is 11.9 Å². The fraction of sp³-hybridized carbons (Fsp3) is 0.857. The molecule has 1 amide bonds. The highest BCUT2D eigenvalue weighted by Gasteiger charge is 2.22. The molecule has 58 valence electrons. The number of piperidine rings is 1. The lowest BCUT2D eigenvalue weighted by Gasteiger charge is -2.29. The first-order valence-corrected chi connectivity index (χ1v) is 3.71. The standard InChI is InChI=1S/C7H14N2O/c1-9-5-3-2-4-6(9)7(8)10/h6H,2-5H2,1H3,(H2,8,10)/i6+1. The van der Waals surface area contributed by atoms with Gasteiger partial charge in [0.1, 0.15) is 0 Å². The van der Waals surface area contributed by atoms with Crippen LogP contribution >= 0.6 is 0 Å². The number of carbonyl (C=O) groups is 1. The Morgan fingerprint density at radius 2 is 2.30 bits per heavy atom. The van der Waals surface area contributed by atoms with Crippen molar-refractivity contribution >= 4 is 5.91 Å². The first-order chi connectivity index (χ1) is 4.72. The first-order valence-electron chi connectivity index (χ1n) is 3.71. The molecule has 0 aromatic carbocycles. The monoisotopic (exact) mass is 143 g/mol. The third-order valence-corrected chi connectivity index (χ3v) is 2.10. The molecule has 1 saturated heterocycles. The Morgan fingerprint density at radius 1 is 1.60 bits per heavy atom. The van der Waals surface area contributed by atoms with E-state index >= 15 is 0 Å². The topological polar surface area (TPSA) is 46.3 Å². The smallest absolute Gasteiger partial charge is 0.234 e. The van der Waals surface area contributed by atoms with Crippen LogP contribution in [0, 0.1) is 0 Å².